The Kier molecular flexibility index (Phi) is 4.07. The molecule has 0 heterocycles. The van der Waals surface area contributed by atoms with E-state index >= 15 is 0 Å². The number of benzene rings is 1. The predicted molar refractivity (Wildman–Crippen MR) is 61.8 cm³/mol. The highest BCUT2D eigenvalue weighted by Gasteiger charge is 2.39. The molecule has 0 saturated carbocycles. The van der Waals surface area contributed by atoms with Gasteiger partial charge < -0.3 is 9.84 Å². The molecule has 0 aromatic heterocycles. The second-order valence-electron chi connectivity index (χ2n) is 4.32. The second kappa shape index (κ2) is 5.12. The summed E-state index contributed by atoms with van der Waals surface area (Å²) in [5.41, 5.74) is -0.958. The van der Waals surface area contributed by atoms with E-state index in [-0.39, 0.29) is 5.92 Å². The van der Waals surface area contributed by atoms with Crippen LogP contribution in [0.1, 0.15) is 25.8 Å². The van der Waals surface area contributed by atoms with E-state index in [1.54, 1.807) is 24.3 Å². The lowest BCUT2D eigenvalue weighted by molar-refractivity contribution is -0.165. The third-order valence-corrected chi connectivity index (χ3v) is 2.48. The molecule has 16 heavy (non-hydrogen) atoms. The molecule has 0 fully saturated rings. The Morgan fingerprint density at radius 1 is 1.38 bits per heavy atom. The summed E-state index contributed by atoms with van der Waals surface area (Å²) >= 11 is 0. The minimum Gasteiger partial charge on any atom is -0.467 e. The minimum atomic E-state index is -1.54. The topological polar surface area (TPSA) is 46.5 Å². The number of carbonyl (C=O) groups excluding carboxylic acids is 1. The smallest absolute Gasteiger partial charge is 0.342 e. The standard InChI is InChI=1S/C13H18O3/c1-10(2)9-13(15,12(14)16-3)11-7-5-4-6-8-11/h4-8,10,15H,9H2,1-3H3. The lowest BCUT2D eigenvalue weighted by atomic mass is 9.86. The predicted octanol–water partition coefficient (Wildman–Crippen LogP) is 2.09. The van der Waals surface area contributed by atoms with E-state index in [0.29, 0.717) is 12.0 Å². The molecule has 88 valence electrons. The molecule has 3 heteroatoms. The second-order valence-corrected chi connectivity index (χ2v) is 4.32. The van der Waals surface area contributed by atoms with Crippen molar-refractivity contribution in [2.45, 2.75) is 25.9 Å². The summed E-state index contributed by atoms with van der Waals surface area (Å²) < 4.78 is 4.68. The van der Waals surface area contributed by atoms with Crippen molar-refractivity contribution in [3.05, 3.63) is 35.9 Å². The van der Waals surface area contributed by atoms with E-state index in [1.807, 2.05) is 19.9 Å². The fraction of sp³-hybridized carbons (Fsp3) is 0.462. The molecule has 0 saturated heterocycles. The van der Waals surface area contributed by atoms with Gasteiger partial charge in [0.15, 0.2) is 5.60 Å². The zero-order chi connectivity index (χ0) is 12.2. The van der Waals surface area contributed by atoms with Crippen LogP contribution in [0, 0.1) is 5.92 Å². The monoisotopic (exact) mass is 222 g/mol. The van der Waals surface area contributed by atoms with Gasteiger partial charge in [0.25, 0.3) is 0 Å². The Bertz CT molecular complexity index is 345. The fourth-order valence-corrected chi connectivity index (χ4v) is 1.79. The Morgan fingerprint density at radius 2 is 1.94 bits per heavy atom. The van der Waals surface area contributed by atoms with E-state index in [1.165, 1.54) is 7.11 Å². The largest absolute Gasteiger partial charge is 0.467 e. The number of methoxy groups -OCH3 is 1. The summed E-state index contributed by atoms with van der Waals surface area (Å²) in [6.45, 7) is 3.91. The number of hydrogen-bond donors (Lipinski definition) is 1. The summed E-state index contributed by atoms with van der Waals surface area (Å²) in [5.74, 6) is -0.406. The van der Waals surface area contributed by atoms with Crippen LogP contribution < -0.4 is 0 Å². The molecule has 3 nitrogen and oxygen atoms in total. The molecule has 0 aliphatic carbocycles. The van der Waals surface area contributed by atoms with Crippen molar-refractivity contribution < 1.29 is 14.6 Å². The lowest BCUT2D eigenvalue weighted by Gasteiger charge is -2.27. The van der Waals surface area contributed by atoms with E-state index in [0.717, 1.165) is 0 Å². The zero-order valence-electron chi connectivity index (χ0n) is 9.93. The van der Waals surface area contributed by atoms with Crippen LogP contribution >= 0.6 is 0 Å². The van der Waals surface area contributed by atoms with Gasteiger partial charge in [-0.2, -0.15) is 0 Å². The quantitative estimate of drug-likeness (QED) is 0.793. The summed E-state index contributed by atoms with van der Waals surface area (Å²) in [7, 11) is 1.29. The first-order valence-electron chi connectivity index (χ1n) is 5.37. The molecular weight excluding hydrogens is 204 g/mol. The van der Waals surface area contributed by atoms with E-state index in [9.17, 15) is 9.90 Å². The Morgan fingerprint density at radius 3 is 2.38 bits per heavy atom. The molecule has 0 radical (unpaired) electrons. The number of aliphatic hydroxyl groups is 1. The maximum Gasteiger partial charge on any atom is 0.342 e. The molecular formula is C13H18O3. The average Bonchev–Trinajstić information content (AvgIpc) is 2.28. The SMILES string of the molecule is COC(=O)C(O)(CC(C)C)c1ccccc1. The minimum absolute atomic E-state index is 0.198. The molecule has 1 aromatic rings. The van der Waals surface area contributed by atoms with Gasteiger partial charge in [-0.1, -0.05) is 44.2 Å². The van der Waals surface area contributed by atoms with Gasteiger partial charge in [0.2, 0.25) is 0 Å². The van der Waals surface area contributed by atoms with Crippen molar-refractivity contribution in [2.75, 3.05) is 7.11 Å². The number of carbonyl (C=O) groups is 1. The van der Waals surface area contributed by atoms with Crippen molar-refractivity contribution in [2.24, 2.45) is 5.92 Å². The van der Waals surface area contributed by atoms with Crippen molar-refractivity contribution in [3.8, 4) is 0 Å². The maximum absolute atomic E-state index is 11.7. The third-order valence-electron chi connectivity index (χ3n) is 2.48. The van der Waals surface area contributed by atoms with Crippen LogP contribution in [-0.2, 0) is 15.1 Å². The van der Waals surface area contributed by atoms with Crippen molar-refractivity contribution >= 4 is 5.97 Å². The van der Waals surface area contributed by atoms with Crippen molar-refractivity contribution in [1.82, 2.24) is 0 Å². The maximum atomic E-state index is 11.7. The third kappa shape index (κ3) is 2.61. The van der Waals surface area contributed by atoms with Gasteiger partial charge >= 0.3 is 5.97 Å². The molecule has 1 aromatic carbocycles. The molecule has 1 N–H and O–H groups in total. The van der Waals surface area contributed by atoms with Crippen LogP contribution in [0.2, 0.25) is 0 Å². The Labute approximate surface area is 96.1 Å². The molecule has 0 amide bonds. The Balaban J connectivity index is 3.09. The molecule has 1 unspecified atom stereocenters. The number of rotatable bonds is 4. The Hall–Kier alpha value is -1.35. The molecule has 1 rings (SSSR count). The molecule has 0 bridgehead atoms. The van der Waals surface area contributed by atoms with Crippen molar-refractivity contribution in [1.29, 1.82) is 0 Å². The first-order valence-corrected chi connectivity index (χ1v) is 5.37. The highest BCUT2D eigenvalue weighted by Crippen LogP contribution is 2.29. The number of ether oxygens (including phenoxy) is 1. The van der Waals surface area contributed by atoms with Gasteiger partial charge in [-0.3, -0.25) is 0 Å². The van der Waals surface area contributed by atoms with E-state index < -0.39 is 11.6 Å². The molecule has 1 atom stereocenters. The highest BCUT2D eigenvalue weighted by molar-refractivity contribution is 5.80. The number of esters is 1. The van der Waals surface area contributed by atoms with Crippen LogP contribution in [-0.4, -0.2) is 18.2 Å². The molecule has 0 aliphatic rings. The van der Waals surface area contributed by atoms with E-state index in [2.05, 4.69) is 4.74 Å². The van der Waals surface area contributed by atoms with Crippen LogP contribution in [0.5, 0.6) is 0 Å². The first kappa shape index (κ1) is 12.7. The van der Waals surface area contributed by atoms with Crippen LogP contribution in [0.3, 0.4) is 0 Å². The summed E-state index contributed by atoms with van der Waals surface area (Å²) in [6, 6.07) is 8.91. The molecule has 0 spiro atoms. The fourth-order valence-electron chi connectivity index (χ4n) is 1.79. The number of hydrogen-bond acceptors (Lipinski definition) is 3. The zero-order valence-corrected chi connectivity index (χ0v) is 9.93. The van der Waals surface area contributed by atoms with Crippen molar-refractivity contribution in [3.63, 3.8) is 0 Å². The van der Waals surface area contributed by atoms with Gasteiger partial charge in [-0.05, 0) is 17.9 Å². The lowest BCUT2D eigenvalue weighted by Crippen LogP contribution is -2.38. The van der Waals surface area contributed by atoms with Crippen LogP contribution in [0.15, 0.2) is 30.3 Å². The van der Waals surface area contributed by atoms with Gasteiger partial charge in [0, 0.05) is 0 Å². The van der Waals surface area contributed by atoms with Gasteiger partial charge in [0.1, 0.15) is 0 Å². The normalized spacial score (nSPS) is 14.6. The van der Waals surface area contributed by atoms with Gasteiger partial charge in [0.05, 0.1) is 7.11 Å². The summed E-state index contributed by atoms with van der Waals surface area (Å²) in [4.78, 5) is 11.7. The average molecular weight is 222 g/mol. The highest BCUT2D eigenvalue weighted by atomic mass is 16.5. The van der Waals surface area contributed by atoms with Gasteiger partial charge in [-0.15, -0.1) is 0 Å². The summed E-state index contributed by atoms with van der Waals surface area (Å²) in [6.07, 6.45) is 0.351. The molecule has 0 aliphatic heterocycles. The van der Waals surface area contributed by atoms with Crippen LogP contribution in [0.4, 0.5) is 0 Å². The first-order chi connectivity index (χ1) is 7.50. The van der Waals surface area contributed by atoms with E-state index in [4.69, 9.17) is 0 Å². The summed E-state index contributed by atoms with van der Waals surface area (Å²) in [5, 5.41) is 10.4. The van der Waals surface area contributed by atoms with Crippen LogP contribution in [0.25, 0.3) is 0 Å². The van der Waals surface area contributed by atoms with Gasteiger partial charge in [-0.25, -0.2) is 4.79 Å².